The minimum absolute atomic E-state index is 0.384. The molecular formula is C20H19Cl2NO2. The maximum atomic E-state index is 12.4. The monoisotopic (exact) mass is 375 g/mol. The third kappa shape index (κ3) is 2.67. The topological polar surface area (TPSA) is 29.3 Å². The van der Waals surface area contributed by atoms with E-state index in [0.717, 1.165) is 11.1 Å². The fraction of sp³-hybridized carbons (Fsp3) is 0.250. The molecule has 1 heterocycles. The summed E-state index contributed by atoms with van der Waals surface area (Å²) in [5.41, 5.74) is 1.01. The van der Waals surface area contributed by atoms with Crippen molar-refractivity contribution in [2.24, 2.45) is 0 Å². The van der Waals surface area contributed by atoms with Crippen LogP contribution in [0.4, 0.5) is 0 Å². The van der Waals surface area contributed by atoms with Crippen LogP contribution >= 0.6 is 23.2 Å². The van der Waals surface area contributed by atoms with Crippen LogP contribution < -0.4 is 0 Å². The quantitative estimate of drug-likeness (QED) is 0.245. The first kappa shape index (κ1) is 18.0. The van der Waals surface area contributed by atoms with Crippen LogP contribution in [-0.2, 0) is 15.1 Å². The van der Waals surface area contributed by atoms with Crippen LogP contribution in [0.2, 0.25) is 0 Å². The molecule has 3 rings (SSSR count). The molecule has 25 heavy (non-hydrogen) atoms. The number of nitrogens with zero attached hydrogens (tertiary/aromatic N) is 1. The van der Waals surface area contributed by atoms with Crippen molar-refractivity contribution < 1.29 is 9.53 Å². The number of benzene rings is 2. The van der Waals surface area contributed by atoms with Crippen molar-refractivity contribution in [2.45, 2.75) is 22.5 Å². The number of halogens is 2. The molecule has 0 N–H and O–H groups in total. The number of rotatable bonds is 6. The van der Waals surface area contributed by atoms with Crippen molar-refractivity contribution in [2.75, 3.05) is 7.11 Å². The molecule has 2 aromatic carbocycles. The zero-order valence-corrected chi connectivity index (χ0v) is 15.4. The van der Waals surface area contributed by atoms with Gasteiger partial charge >= 0.3 is 5.97 Å². The van der Waals surface area contributed by atoms with E-state index in [-0.39, 0.29) is 5.97 Å². The van der Waals surface area contributed by atoms with Gasteiger partial charge in [0.2, 0.25) is 0 Å². The molecule has 2 aromatic rings. The molecule has 0 bridgehead atoms. The van der Waals surface area contributed by atoms with E-state index in [0.29, 0.717) is 6.42 Å². The molecule has 1 aliphatic heterocycles. The summed E-state index contributed by atoms with van der Waals surface area (Å²) in [6.07, 6.45) is 2.06. The molecule has 0 aromatic heterocycles. The van der Waals surface area contributed by atoms with Crippen molar-refractivity contribution in [3.63, 3.8) is 0 Å². The maximum Gasteiger partial charge on any atom is 0.323 e. The minimum atomic E-state index is -1.28. The molecule has 0 amide bonds. The fourth-order valence-electron chi connectivity index (χ4n) is 3.51. The highest BCUT2D eigenvalue weighted by Crippen LogP contribution is 2.68. The lowest BCUT2D eigenvalue weighted by atomic mass is 9.90. The number of carbonyl (C=O) groups is 1. The van der Waals surface area contributed by atoms with Crippen LogP contribution in [0.25, 0.3) is 0 Å². The van der Waals surface area contributed by atoms with E-state index in [9.17, 15) is 4.79 Å². The van der Waals surface area contributed by atoms with Crippen LogP contribution in [0.5, 0.6) is 0 Å². The van der Waals surface area contributed by atoms with Crippen molar-refractivity contribution in [3.8, 4) is 0 Å². The number of hydrogen-bond donors (Lipinski definition) is 0. The number of carbonyl (C=O) groups excluding carboxylic acids is 1. The van der Waals surface area contributed by atoms with Crippen LogP contribution in [0.3, 0.4) is 0 Å². The van der Waals surface area contributed by atoms with Gasteiger partial charge in [0.05, 0.1) is 7.11 Å². The summed E-state index contributed by atoms with van der Waals surface area (Å²) in [4.78, 5) is 14.2. The number of alkyl halides is 2. The lowest BCUT2D eigenvalue weighted by Gasteiger charge is -2.22. The summed E-state index contributed by atoms with van der Waals surface area (Å²) < 4.78 is 3.70. The van der Waals surface area contributed by atoms with Gasteiger partial charge in [0, 0.05) is 0 Å². The second kappa shape index (κ2) is 6.83. The number of ether oxygens (including phenoxy) is 1. The summed E-state index contributed by atoms with van der Waals surface area (Å²) in [5, 5.41) is 0. The third-order valence-corrected chi connectivity index (χ3v) is 5.52. The molecule has 2 unspecified atom stereocenters. The van der Waals surface area contributed by atoms with Gasteiger partial charge in [-0.2, -0.15) is 0 Å². The second-order valence-electron chi connectivity index (χ2n) is 5.92. The normalized spacial score (nSPS) is 21.2. The third-order valence-electron chi connectivity index (χ3n) is 4.61. The average Bonchev–Trinajstić information content (AvgIpc) is 3.17. The van der Waals surface area contributed by atoms with Gasteiger partial charge in [-0.05, 0) is 17.5 Å². The first-order valence-corrected chi connectivity index (χ1v) is 8.74. The van der Waals surface area contributed by atoms with Crippen molar-refractivity contribution in [1.29, 1.82) is 0 Å². The van der Waals surface area contributed by atoms with E-state index in [1.165, 1.54) is 7.11 Å². The van der Waals surface area contributed by atoms with Crippen LogP contribution in [0.15, 0.2) is 73.3 Å². The zero-order valence-electron chi connectivity index (χ0n) is 13.9. The molecule has 1 saturated heterocycles. The molecule has 0 spiro atoms. The molecule has 0 radical (unpaired) electrons. The molecule has 1 fully saturated rings. The summed E-state index contributed by atoms with van der Waals surface area (Å²) in [6, 6.07) is 18.8. The highest BCUT2D eigenvalue weighted by Gasteiger charge is 2.78. The van der Waals surface area contributed by atoms with E-state index in [1.54, 1.807) is 11.0 Å². The molecule has 5 heteroatoms. The van der Waals surface area contributed by atoms with Crippen LogP contribution in [-0.4, -0.2) is 28.5 Å². The molecule has 0 saturated carbocycles. The summed E-state index contributed by atoms with van der Waals surface area (Å²) in [5.74, 6) is -0.390. The van der Waals surface area contributed by atoms with Crippen LogP contribution in [0.1, 0.15) is 17.5 Å². The van der Waals surface area contributed by atoms with Gasteiger partial charge in [-0.3, -0.25) is 4.79 Å². The van der Waals surface area contributed by atoms with E-state index < -0.39 is 16.0 Å². The maximum absolute atomic E-state index is 12.4. The summed E-state index contributed by atoms with van der Waals surface area (Å²) >= 11 is 13.6. The molecule has 1 aliphatic rings. The fourth-order valence-corrected chi connectivity index (χ4v) is 4.53. The first-order chi connectivity index (χ1) is 12.0. The Labute approximate surface area is 157 Å². The number of hydrogen-bond acceptors (Lipinski definition) is 3. The second-order valence-corrected chi connectivity index (χ2v) is 7.20. The van der Waals surface area contributed by atoms with Gasteiger partial charge in [-0.15, -0.1) is 6.58 Å². The Hall–Kier alpha value is -1.81. The molecule has 2 atom stereocenters. The highest BCUT2D eigenvalue weighted by molar-refractivity contribution is 6.52. The summed E-state index contributed by atoms with van der Waals surface area (Å²) in [6.45, 7) is 3.75. The Morgan fingerprint density at radius 3 is 2.00 bits per heavy atom. The van der Waals surface area contributed by atoms with E-state index in [1.807, 2.05) is 60.7 Å². The van der Waals surface area contributed by atoms with Crippen molar-refractivity contribution >= 4 is 29.2 Å². The number of methoxy groups -OCH3 is 1. The van der Waals surface area contributed by atoms with Gasteiger partial charge in [0.25, 0.3) is 0 Å². The van der Waals surface area contributed by atoms with Gasteiger partial charge in [-0.1, -0.05) is 89.9 Å². The zero-order chi connectivity index (χ0) is 18.1. The Morgan fingerprint density at radius 2 is 1.60 bits per heavy atom. The minimum Gasteiger partial charge on any atom is -0.468 e. The van der Waals surface area contributed by atoms with E-state index >= 15 is 0 Å². The average molecular weight is 376 g/mol. The Bertz CT molecular complexity index is 722. The lowest BCUT2D eigenvalue weighted by molar-refractivity contribution is -0.145. The van der Waals surface area contributed by atoms with Crippen molar-refractivity contribution in [1.82, 2.24) is 4.90 Å². The lowest BCUT2D eigenvalue weighted by Crippen LogP contribution is -2.34. The van der Waals surface area contributed by atoms with Gasteiger partial charge < -0.3 is 4.74 Å². The molecular weight excluding hydrogens is 357 g/mol. The molecule has 0 aliphatic carbocycles. The molecule has 130 valence electrons. The summed E-state index contributed by atoms with van der Waals surface area (Å²) in [7, 11) is 1.36. The van der Waals surface area contributed by atoms with Crippen molar-refractivity contribution in [3.05, 3.63) is 84.4 Å². The van der Waals surface area contributed by atoms with E-state index in [2.05, 4.69) is 6.58 Å². The van der Waals surface area contributed by atoms with Gasteiger partial charge in [0.15, 0.2) is 4.46 Å². The smallest absolute Gasteiger partial charge is 0.323 e. The first-order valence-electron chi connectivity index (χ1n) is 7.98. The van der Waals surface area contributed by atoms with Gasteiger partial charge in [-0.25, -0.2) is 4.90 Å². The van der Waals surface area contributed by atoms with Gasteiger partial charge in [0.1, 0.15) is 11.6 Å². The molecule has 3 nitrogen and oxygen atoms in total. The predicted molar refractivity (Wildman–Crippen MR) is 101 cm³/mol. The SMILES string of the molecule is C=CCC(C(=O)OC)N1C(Cl)(Cl)C1(c1ccccc1)c1ccccc1. The largest absolute Gasteiger partial charge is 0.468 e. The Kier molecular flexibility index (Phi) is 4.92. The number of esters is 1. The Morgan fingerprint density at radius 1 is 1.12 bits per heavy atom. The van der Waals surface area contributed by atoms with Crippen LogP contribution in [0, 0.1) is 0 Å². The highest BCUT2D eigenvalue weighted by atomic mass is 35.5. The Balaban J connectivity index is 2.19. The standard InChI is InChI=1S/C20H19Cl2NO2/c1-3-10-17(18(24)25-2)23-19(20(23,21)22,15-11-6-4-7-12-15)16-13-8-5-9-14-16/h3-9,11-14,17H,1,10H2,2H3. The predicted octanol–water partition coefficient (Wildman–Crippen LogP) is 4.49. The van der Waals surface area contributed by atoms with E-state index in [4.69, 9.17) is 27.9 Å².